The first kappa shape index (κ1) is 14.8. The lowest BCUT2D eigenvalue weighted by atomic mass is 9.96. The predicted molar refractivity (Wildman–Crippen MR) is 79.1 cm³/mol. The van der Waals surface area contributed by atoms with E-state index in [0.29, 0.717) is 24.5 Å². The van der Waals surface area contributed by atoms with Crippen LogP contribution in [0, 0.1) is 0 Å². The summed E-state index contributed by atoms with van der Waals surface area (Å²) in [5.74, 6) is 0.380. The van der Waals surface area contributed by atoms with E-state index in [2.05, 4.69) is 23.6 Å². The summed E-state index contributed by atoms with van der Waals surface area (Å²) in [7, 11) is 0. The van der Waals surface area contributed by atoms with Crippen LogP contribution >= 0.6 is 0 Å². The molecule has 2 heterocycles. The molecule has 2 aliphatic rings. The van der Waals surface area contributed by atoms with E-state index in [1.54, 1.807) is 0 Å². The number of carbonyl (C=O) groups excluding carboxylic acids is 1. The number of unbranched alkanes of at least 4 members (excludes halogenated alkanes) is 2. The summed E-state index contributed by atoms with van der Waals surface area (Å²) >= 11 is 0. The minimum Gasteiger partial charge on any atom is -0.337 e. The number of piperidine rings is 1. The Hall–Kier alpha value is -0.570. The number of hydrogen-bond acceptors (Lipinski definition) is 2. The van der Waals surface area contributed by atoms with Gasteiger partial charge < -0.3 is 4.90 Å². The molecule has 3 heteroatoms. The van der Waals surface area contributed by atoms with Crippen LogP contribution in [0.15, 0.2) is 0 Å². The summed E-state index contributed by atoms with van der Waals surface area (Å²) in [5.41, 5.74) is 0. The molecule has 0 radical (unpaired) electrons. The van der Waals surface area contributed by atoms with Crippen molar-refractivity contribution >= 4 is 5.91 Å². The van der Waals surface area contributed by atoms with Crippen molar-refractivity contribution in [2.45, 2.75) is 77.3 Å². The quantitative estimate of drug-likeness (QED) is 0.690. The van der Waals surface area contributed by atoms with Crippen LogP contribution in [0.5, 0.6) is 0 Å². The van der Waals surface area contributed by atoms with Crippen LogP contribution in [0.3, 0.4) is 0 Å². The molecule has 2 fully saturated rings. The van der Waals surface area contributed by atoms with Crippen molar-refractivity contribution in [2.24, 2.45) is 0 Å². The maximum absolute atomic E-state index is 12.3. The van der Waals surface area contributed by atoms with Crippen LogP contribution in [0.1, 0.15) is 65.2 Å². The molecule has 19 heavy (non-hydrogen) atoms. The van der Waals surface area contributed by atoms with Crippen molar-refractivity contribution in [1.29, 1.82) is 0 Å². The first-order chi connectivity index (χ1) is 9.26. The fraction of sp³-hybridized carbons (Fsp3) is 0.938. The van der Waals surface area contributed by atoms with Gasteiger partial charge in [0.2, 0.25) is 5.91 Å². The lowest BCUT2D eigenvalue weighted by molar-refractivity contribution is -0.143. The maximum Gasteiger partial charge on any atom is 0.237 e. The van der Waals surface area contributed by atoms with E-state index in [9.17, 15) is 4.79 Å². The summed E-state index contributed by atoms with van der Waals surface area (Å²) < 4.78 is 0. The number of amides is 1. The van der Waals surface area contributed by atoms with Crippen LogP contribution in [-0.4, -0.2) is 47.4 Å². The molecule has 0 spiro atoms. The first-order valence-electron chi connectivity index (χ1n) is 8.29. The zero-order chi connectivity index (χ0) is 13.7. The molecule has 110 valence electrons. The monoisotopic (exact) mass is 266 g/mol. The van der Waals surface area contributed by atoms with Crippen molar-refractivity contribution < 1.29 is 4.79 Å². The van der Waals surface area contributed by atoms with Gasteiger partial charge in [0.05, 0.1) is 6.54 Å². The van der Waals surface area contributed by atoms with Crippen molar-refractivity contribution in [2.75, 3.05) is 19.6 Å². The van der Waals surface area contributed by atoms with E-state index in [1.165, 1.54) is 51.4 Å². The molecule has 3 nitrogen and oxygen atoms in total. The first-order valence-corrected chi connectivity index (χ1v) is 8.29. The molecule has 0 aromatic carbocycles. The second kappa shape index (κ2) is 7.28. The lowest BCUT2D eigenvalue weighted by Crippen LogP contribution is -2.59. The van der Waals surface area contributed by atoms with Gasteiger partial charge in [-0.15, -0.1) is 0 Å². The number of nitrogens with zero attached hydrogens (tertiary/aromatic N) is 2. The van der Waals surface area contributed by atoms with Crippen molar-refractivity contribution in [3.8, 4) is 0 Å². The maximum atomic E-state index is 12.3. The summed E-state index contributed by atoms with van der Waals surface area (Å²) in [4.78, 5) is 16.9. The Morgan fingerprint density at radius 3 is 2.84 bits per heavy atom. The van der Waals surface area contributed by atoms with Gasteiger partial charge in [-0.3, -0.25) is 9.69 Å². The molecule has 0 aromatic heterocycles. The number of piperazine rings is 1. The topological polar surface area (TPSA) is 23.6 Å². The van der Waals surface area contributed by atoms with E-state index in [0.717, 1.165) is 13.1 Å². The average Bonchev–Trinajstić information content (AvgIpc) is 2.44. The van der Waals surface area contributed by atoms with Crippen molar-refractivity contribution in [3.63, 3.8) is 0 Å². The number of fused-ring (bicyclic) bond motifs is 1. The predicted octanol–water partition coefficient (Wildman–Crippen LogP) is 3.04. The average molecular weight is 266 g/mol. The molecule has 0 aliphatic carbocycles. The lowest BCUT2D eigenvalue weighted by Gasteiger charge is -2.46. The Kier molecular flexibility index (Phi) is 5.68. The van der Waals surface area contributed by atoms with Crippen molar-refractivity contribution in [1.82, 2.24) is 9.80 Å². The van der Waals surface area contributed by atoms with Gasteiger partial charge >= 0.3 is 0 Å². The molecule has 2 atom stereocenters. The molecule has 0 N–H and O–H groups in total. The van der Waals surface area contributed by atoms with Crippen molar-refractivity contribution in [3.05, 3.63) is 0 Å². The normalized spacial score (nSPS) is 26.3. The van der Waals surface area contributed by atoms with E-state index in [4.69, 9.17) is 0 Å². The molecule has 2 rings (SSSR count). The molecule has 2 saturated heterocycles. The molecule has 1 unspecified atom stereocenters. The Morgan fingerprint density at radius 1 is 1.26 bits per heavy atom. The summed E-state index contributed by atoms with van der Waals surface area (Å²) in [6, 6.07) is 1.13. The van der Waals surface area contributed by atoms with Gasteiger partial charge in [0.1, 0.15) is 0 Å². The zero-order valence-corrected chi connectivity index (χ0v) is 12.7. The van der Waals surface area contributed by atoms with Gasteiger partial charge in [0, 0.05) is 25.2 Å². The Labute approximate surface area is 118 Å². The highest BCUT2D eigenvalue weighted by Gasteiger charge is 2.35. The second-order valence-corrected chi connectivity index (χ2v) is 6.22. The number of carbonyl (C=O) groups is 1. The molecule has 0 bridgehead atoms. The largest absolute Gasteiger partial charge is 0.337 e. The Balaban J connectivity index is 1.90. The van der Waals surface area contributed by atoms with Gasteiger partial charge in [-0.1, -0.05) is 33.1 Å². The van der Waals surface area contributed by atoms with E-state index < -0.39 is 0 Å². The van der Waals surface area contributed by atoms with Crippen LogP contribution in [-0.2, 0) is 4.79 Å². The van der Waals surface area contributed by atoms with Gasteiger partial charge in [-0.05, 0) is 32.1 Å². The Bertz CT molecular complexity index is 292. The van der Waals surface area contributed by atoms with Crippen LogP contribution in [0.4, 0.5) is 0 Å². The molecular weight excluding hydrogens is 236 g/mol. The fourth-order valence-corrected chi connectivity index (χ4v) is 3.67. The third kappa shape index (κ3) is 3.71. The highest BCUT2D eigenvalue weighted by atomic mass is 16.2. The van der Waals surface area contributed by atoms with Gasteiger partial charge in [-0.2, -0.15) is 0 Å². The van der Waals surface area contributed by atoms with Crippen LogP contribution in [0.2, 0.25) is 0 Å². The van der Waals surface area contributed by atoms with E-state index in [1.807, 2.05) is 0 Å². The molecular formula is C16H30N2O. The standard InChI is InChI=1S/C16H30N2O/c1-3-5-6-9-14(4-2)17-12-15-10-7-8-11-18(15)16(19)13-17/h14-15H,3-13H2,1-2H3/t14?,15-/m1/s1. The summed E-state index contributed by atoms with van der Waals surface area (Å²) in [6.45, 7) is 7.32. The SMILES string of the molecule is CCCCCC(CC)N1CC(=O)N2CCCC[C@@H]2C1. The van der Waals surface area contributed by atoms with Gasteiger partial charge in [-0.25, -0.2) is 0 Å². The third-order valence-corrected chi connectivity index (χ3v) is 4.86. The highest BCUT2D eigenvalue weighted by molar-refractivity contribution is 5.79. The smallest absolute Gasteiger partial charge is 0.237 e. The zero-order valence-electron chi connectivity index (χ0n) is 12.7. The minimum absolute atomic E-state index is 0.380. The molecule has 1 amide bonds. The molecule has 0 aromatic rings. The van der Waals surface area contributed by atoms with Crippen LogP contribution < -0.4 is 0 Å². The summed E-state index contributed by atoms with van der Waals surface area (Å²) in [5, 5.41) is 0. The van der Waals surface area contributed by atoms with E-state index >= 15 is 0 Å². The minimum atomic E-state index is 0.380. The molecule has 2 aliphatic heterocycles. The van der Waals surface area contributed by atoms with Gasteiger partial charge in [0.25, 0.3) is 0 Å². The highest BCUT2D eigenvalue weighted by Crippen LogP contribution is 2.25. The van der Waals surface area contributed by atoms with Gasteiger partial charge in [0.15, 0.2) is 0 Å². The van der Waals surface area contributed by atoms with Crippen LogP contribution in [0.25, 0.3) is 0 Å². The fourth-order valence-electron chi connectivity index (χ4n) is 3.67. The third-order valence-electron chi connectivity index (χ3n) is 4.86. The van der Waals surface area contributed by atoms with E-state index in [-0.39, 0.29) is 0 Å². The summed E-state index contributed by atoms with van der Waals surface area (Å²) in [6.07, 6.45) is 10.1. The second-order valence-electron chi connectivity index (χ2n) is 6.22. The Morgan fingerprint density at radius 2 is 2.11 bits per heavy atom. The number of rotatable bonds is 6. The molecule has 0 saturated carbocycles. The number of hydrogen-bond donors (Lipinski definition) is 0.